The van der Waals surface area contributed by atoms with E-state index in [0.717, 1.165) is 0 Å². The molecule has 6 atom stereocenters. The van der Waals surface area contributed by atoms with Gasteiger partial charge < -0.3 is 30.8 Å². The number of phenols is 1. The maximum atomic E-state index is 14.2. The summed E-state index contributed by atoms with van der Waals surface area (Å²) in [7, 11) is 0. The summed E-state index contributed by atoms with van der Waals surface area (Å²) in [5.41, 5.74) is -1.04. The second-order valence-electron chi connectivity index (χ2n) is 14.0. The van der Waals surface area contributed by atoms with Gasteiger partial charge in [-0.1, -0.05) is 75.5 Å². The number of aliphatic carboxylic acids is 1. The van der Waals surface area contributed by atoms with E-state index >= 15 is 0 Å². The van der Waals surface area contributed by atoms with Crippen molar-refractivity contribution in [2.75, 3.05) is 5.75 Å². The number of benzene rings is 1. The van der Waals surface area contributed by atoms with Gasteiger partial charge in [0.1, 0.15) is 11.4 Å². The standard InChI is InChI=1S/C42H49NO11S/c1-21-11-9-8-10-12-24(4)42(54)43-35-39(52)29-18-27(7)38(51)34(33(29)40(53)41(35)55-20-32(47)48)37(50)26(6)17-25(5)36(49)23(3)14-16-28(44)15-13-22(2)31(46)19-30(21)45/h8-14,16-18,21,23,25,28,30,36,44-45,49,51H,15,19-20H2,1-7H3,(H,43,54)(H,47,48). The average Bonchev–Trinajstić information content (AvgIpc) is 3.13. The van der Waals surface area contributed by atoms with Crippen molar-refractivity contribution in [2.45, 2.75) is 79.6 Å². The van der Waals surface area contributed by atoms with Crippen LogP contribution in [0.4, 0.5) is 0 Å². The number of phenolic OH excluding ortho intramolecular Hbond substituents is 1. The normalized spacial score (nSPS) is 25.5. The highest BCUT2D eigenvalue weighted by molar-refractivity contribution is 8.04. The largest absolute Gasteiger partial charge is 0.507 e. The Morgan fingerprint density at radius 3 is 2.13 bits per heavy atom. The fourth-order valence-electron chi connectivity index (χ4n) is 5.90. The highest BCUT2D eigenvalue weighted by atomic mass is 32.2. The van der Waals surface area contributed by atoms with E-state index in [4.69, 9.17) is 0 Å². The number of aliphatic hydroxyl groups is 3. The number of hydrogen-bond donors (Lipinski definition) is 6. The lowest BCUT2D eigenvalue weighted by Gasteiger charge is -2.25. The van der Waals surface area contributed by atoms with E-state index in [0.29, 0.717) is 17.3 Å². The molecule has 0 fully saturated rings. The molecule has 55 heavy (non-hydrogen) atoms. The van der Waals surface area contributed by atoms with Gasteiger partial charge in [-0.2, -0.15) is 0 Å². The van der Waals surface area contributed by atoms with E-state index in [1.165, 1.54) is 51.1 Å². The fraction of sp³-hybridized carbons (Fsp3) is 0.381. The number of nitrogens with one attached hydrogen (secondary N) is 1. The topological polar surface area (TPSA) is 216 Å². The molecule has 0 radical (unpaired) electrons. The number of aryl methyl sites for hydroxylation is 1. The number of carbonyl (C=O) groups excluding carboxylic acids is 5. The zero-order valence-corrected chi connectivity index (χ0v) is 32.8. The number of hydrogen-bond acceptors (Lipinski definition) is 11. The highest BCUT2D eigenvalue weighted by Gasteiger charge is 2.39. The van der Waals surface area contributed by atoms with Crippen LogP contribution in [0.25, 0.3) is 0 Å². The maximum absolute atomic E-state index is 14.2. The minimum Gasteiger partial charge on any atom is -0.507 e. The number of carbonyl (C=O) groups is 6. The fourth-order valence-corrected chi connectivity index (χ4v) is 6.69. The zero-order valence-electron chi connectivity index (χ0n) is 32.0. The first-order valence-electron chi connectivity index (χ1n) is 17.8. The lowest BCUT2D eigenvalue weighted by atomic mass is 9.83. The molecular weight excluding hydrogens is 727 g/mol. The van der Waals surface area contributed by atoms with Crippen LogP contribution in [0.2, 0.25) is 0 Å². The van der Waals surface area contributed by atoms with Crippen LogP contribution < -0.4 is 5.32 Å². The van der Waals surface area contributed by atoms with E-state index in [9.17, 15) is 54.3 Å². The summed E-state index contributed by atoms with van der Waals surface area (Å²) in [6, 6.07) is 1.23. The Hall–Kier alpha value is -4.95. The molecule has 13 heteroatoms. The van der Waals surface area contributed by atoms with Crippen LogP contribution in [0.1, 0.15) is 91.0 Å². The minimum absolute atomic E-state index is 0.0337. The summed E-state index contributed by atoms with van der Waals surface area (Å²) >= 11 is 0.487. The van der Waals surface area contributed by atoms with Crippen LogP contribution in [0, 0.1) is 24.7 Å². The zero-order chi connectivity index (χ0) is 41.3. The molecule has 4 bridgehead atoms. The third-order valence-corrected chi connectivity index (χ3v) is 10.5. The van der Waals surface area contributed by atoms with Crippen molar-refractivity contribution in [3.63, 3.8) is 0 Å². The van der Waals surface area contributed by atoms with Gasteiger partial charge in [0.15, 0.2) is 11.6 Å². The molecule has 12 nitrogen and oxygen atoms in total. The van der Waals surface area contributed by atoms with Gasteiger partial charge in [-0.05, 0) is 56.9 Å². The number of aromatic hydroxyl groups is 1. The van der Waals surface area contributed by atoms with Crippen LogP contribution >= 0.6 is 11.8 Å². The van der Waals surface area contributed by atoms with Crippen LogP contribution in [-0.4, -0.2) is 84.6 Å². The van der Waals surface area contributed by atoms with Crippen molar-refractivity contribution in [1.29, 1.82) is 0 Å². The summed E-state index contributed by atoms with van der Waals surface area (Å²) in [4.78, 5) is 79.4. The Morgan fingerprint density at radius 2 is 1.47 bits per heavy atom. The monoisotopic (exact) mass is 775 g/mol. The molecule has 6 N–H and O–H groups in total. The van der Waals surface area contributed by atoms with Gasteiger partial charge in [0.25, 0.3) is 5.91 Å². The number of carboxylic acids is 1. The summed E-state index contributed by atoms with van der Waals surface area (Å²) in [5, 5.41) is 55.3. The summed E-state index contributed by atoms with van der Waals surface area (Å²) in [5.74, 6) is -7.80. The number of ketones is 4. The molecular formula is C42H49NO11S. The molecule has 1 amide bonds. The number of amides is 1. The molecule has 4 rings (SSSR count). The van der Waals surface area contributed by atoms with Gasteiger partial charge >= 0.3 is 5.97 Å². The SMILES string of the molecule is CC1=CCC(O)C=CC(C)C(O)C(C)C=C(C)C(=O)c2c(O)c(C)cc3c2C(=O)C(SCC(=O)O)=C(NC(=O)C(C)=CC=CC=CC(C)C(O)CC1=O)C3=O. The highest BCUT2D eigenvalue weighted by Crippen LogP contribution is 2.39. The van der Waals surface area contributed by atoms with Crippen molar-refractivity contribution in [3.05, 3.63) is 110 Å². The predicted octanol–water partition coefficient (Wildman–Crippen LogP) is 5.27. The van der Waals surface area contributed by atoms with Gasteiger partial charge in [-0.25, -0.2) is 0 Å². The van der Waals surface area contributed by atoms with Gasteiger partial charge in [0.2, 0.25) is 11.6 Å². The Morgan fingerprint density at radius 1 is 0.800 bits per heavy atom. The van der Waals surface area contributed by atoms with Gasteiger partial charge in [-0.15, -0.1) is 11.8 Å². The number of Topliss-reactive ketones (excluding diaryl/α,β-unsaturated/α-hetero) is 4. The molecule has 0 aromatic heterocycles. The molecule has 6 unspecified atom stereocenters. The molecule has 0 saturated carbocycles. The third kappa shape index (κ3) is 11.3. The number of aliphatic hydroxyl groups excluding tert-OH is 3. The molecule has 0 spiro atoms. The van der Waals surface area contributed by atoms with E-state index in [-0.39, 0.29) is 40.9 Å². The van der Waals surface area contributed by atoms with Crippen molar-refractivity contribution in [2.24, 2.45) is 17.8 Å². The van der Waals surface area contributed by atoms with Gasteiger partial charge in [-0.3, -0.25) is 28.8 Å². The van der Waals surface area contributed by atoms with Crippen molar-refractivity contribution in [3.8, 4) is 5.75 Å². The third-order valence-electron chi connectivity index (χ3n) is 9.46. The van der Waals surface area contributed by atoms with E-state index < -0.39 is 98.5 Å². The average molecular weight is 776 g/mol. The van der Waals surface area contributed by atoms with Crippen LogP contribution in [0.15, 0.2) is 88.1 Å². The minimum atomic E-state index is -1.32. The van der Waals surface area contributed by atoms with Crippen molar-refractivity contribution < 1.29 is 54.3 Å². The molecule has 2 heterocycles. The second kappa shape index (κ2) is 19.6. The first-order valence-corrected chi connectivity index (χ1v) is 18.8. The van der Waals surface area contributed by atoms with Crippen LogP contribution in [0.5, 0.6) is 5.75 Å². The molecule has 3 aliphatic rings. The van der Waals surface area contributed by atoms with E-state index in [1.54, 1.807) is 58.1 Å². The quantitative estimate of drug-likeness (QED) is 0.217. The Labute approximate surface area is 324 Å². The molecule has 294 valence electrons. The molecule has 2 aliphatic heterocycles. The van der Waals surface area contributed by atoms with Gasteiger partial charge in [0.05, 0.1) is 34.5 Å². The Bertz CT molecular complexity index is 1960. The second-order valence-corrected chi connectivity index (χ2v) is 15.0. The predicted molar refractivity (Wildman–Crippen MR) is 210 cm³/mol. The number of allylic oxidation sites excluding steroid dienone is 8. The molecule has 1 aliphatic carbocycles. The molecule has 0 saturated heterocycles. The number of carboxylic acid groups (broad SMARTS) is 1. The first-order chi connectivity index (χ1) is 25.8. The number of thioether (sulfide) groups is 1. The molecule has 1 aromatic rings. The summed E-state index contributed by atoms with van der Waals surface area (Å²) in [6.45, 7) is 11.0. The van der Waals surface area contributed by atoms with Crippen LogP contribution in [0.3, 0.4) is 0 Å². The van der Waals surface area contributed by atoms with Crippen molar-refractivity contribution in [1.82, 2.24) is 5.32 Å². The number of rotatable bonds is 3. The Balaban J connectivity index is 2.17. The van der Waals surface area contributed by atoms with E-state index in [2.05, 4.69) is 5.32 Å². The smallest absolute Gasteiger partial charge is 0.313 e. The molecule has 1 aromatic carbocycles. The first kappa shape index (κ1) is 44.4. The lowest BCUT2D eigenvalue weighted by Crippen LogP contribution is -2.35. The number of fused-ring (bicyclic) bond motifs is 18. The Kier molecular flexibility index (Phi) is 15.8. The summed E-state index contributed by atoms with van der Waals surface area (Å²) < 4.78 is 0. The van der Waals surface area contributed by atoms with Crippen molar-refractivity contribution >= 4 is 46.8 Å². The lowest BCUT2D eigenvalue weighted by molar-refractivity contribution is -0.134. The van der Waals surface area contributed by atoms with Gasteiger partial charge in [0, 0.05) is 40.9 Å². The summed E-state index contributed by atoms with van der Waals surface area (Å²) in [6.07, 6.45) is 10.9. The van der Waals surface area contributed by atoms with Crippen LogP contribution in [-0.2, 0) is 14.4 Å². The van der Waals surface area contributed by atoms with E-state index in [1.807, 2.05) is 0 Å². The maximum Gasteiger partial charge on any atom is 0.313 e.